The van der Waals surface area contributed by atoms with Crippen molar-refractivity contribution in [3.05, 3.63) is 29.8 Å². The van der Waals surface area contributed by atoms with E-state index in [0.29, 0.717) is 19.0 Å². The zero-order chi connectivity index (χ0) is 22.2. The van der Waals surface area contributed by atoms with E-state index in [2.05, 4.69) is 37.4 Å². The normalized spacial score (nSPS) is 17.4. The molecule has 0 amide bonds. The zero-order valence-electron chi connectivity index (χ0n) is 18.9. The van der Waals surface area contributed by atoms with E-state index in [0.717, 1.165) is 18.8 Å². The first-order chi connectivity index (χ1) is 14.1. The van der Waals surface area contributed by atoms with Crippen LogP contribution >= 0.6 is 0 Å². The molecule has 0 aliphatic carbocycles. The summed E-state index contributed by atoms with van der Waals surface area (Å²) in [5.74, 6) is 1.50. The summed E-state index contributed by atoms with van der Waals surface area (Å²) in [6, 6.07) is 8.46. The van der Waals surface area contributed by atoms with E-state index in [9.17, 15) is 8.42 Å². The molecule has 3 N–H and O–H groups in total. The maximum atomic E-state index is 11.6. The quantitative estimate of drug-likeness (QED) is 0.401. The Hall–Kier alpha value is -1.84. The van der Waals surface area contributed by atoms with Crippen LogP contribution in [0.3, 0.4) is 0 Å². The second-order valence-electron chi connectivity index (χ2n) is 8.45. The Morgan fingerprint density at radius 3 is 2.33 bits per heavy atom. The second kappa shape index (κ2) is 11.0. The number of guanidine groups is 1. The smallest absolute Gasteiger partial charge is 0.209 e. The van der Waals surface area contributed by atoms with Gasteiger partial charge in [0, 0.05) is 25.7 Å². The van der Waals surface area contributed by atoms with Gasteiger partial charge in [-0.2, -0.15) is 0 Å². The number of likely N-dealkylation sites (tertiary alicyclic amines) is 1. The van der Waals surface area contributed by atoms with Crippen molar-refractivity contribution in [2.75, 3.05) is 46.6 Å². The van der Waals surface area contributed by atoms with Crippen molar-refractivity contribution in [2.45, 2.75) is 44.7 Å². The highest BCUT2D eigenvalue weighted by molar-refractivity contribution is 7.88. The number of piperidine rings is 1. The van der Waals surface area contributed by atoms with Gasteiger partial charge >= 0.3 is 0 Å². The van der Waals surface area contributed by atoms with Crippen molar-refractivity contribution in [2.24, 2.45) is 4.99 Å². The molecule has 9 heteroatoms. The van der Waals surface area contributed by atoms with E-state index in [1.165, 1.54) is 31.1 Å². The molecule has 1 unspecified atom stereocenters. The number of benzene rings is 1. The number of rotatable bonds is 9. The molecule has 1 saturated heterocycles. The van der Waals surface area contributed by atoms with Crippen molar-refractivity contribution < 1.29 is 13.2 Å². The largest absolute Gasteiger partial charge is 0.497 e. The second-order valence-corrected chi connectivity index (χ2v) is 10.2. The van der Waals surface area contributed by atoms with Gasteiger partial charge in [0.05, 0.1) is 19.4 Å². The average Bonchev–Trinajstić information content (AvgIpc) is 2.70. The van der Waals surface area contributed by atoms with Crippen LogP contribution in [0.1, 0.15) is 44.7 Å². The van der Waals surface area contributed by atoms with E-state index < -0.39 is 15.6 Å². The molecule has 170 valence electrons. The molecule has 1 atom stereocenters. The topological polar surface area (TPSA) is 95.1 Å². The van der Waals surface area contributed by atoms with Crippen LogP contribution in [0.15, 0.2) is 29.3 Å². The number of hydrogen-bond donors (Lipinski definition) is 3. The zero-order valence-corrected chi connectivity index (χ0v) is 19.7. The highest BCUT2D eigenvalue weighted by Crippen LogP contribution is 2.25. The van der Waals surface area contributed by atoms with Crippen LogP contribution in [-0.2, 0) is 10.0 Å². The molecule has 0 spiro atoms. The molecule has 30 heavy (non-hydrogen) atoms. The van der Waals surface area contributed by atoms with Crippen molar-refractivity contribution in [3.8, 4) is 5.75 Å². The lowest BCUT2D eigenvalue weighted by atomic mass is 10.0. The van der Waals surface area contributed by atoms with Crippen molar-refractivity contribution in [3.63, 3.8) is 0 Å². The maximum Gasteiger partial charge on any atom is 0.209 e. The number of aliphatic imine (C=N–C) groups is 1. The van der Waals surface area contributed by atoms with Gasteiger partial charge in [0.1, 0.15) is 5.75 Å². The van der Waals surface area contributed by atoms with Crippen LogP contribution in [0.2, 0.25) is 0 Å². The summed E-state index contributed by atoms with van der Waals surface area (Å²) in [7, 11) is 0.107. The van der Waals surface area contributed by atoms with E-state index >= 15 is 0 Å². The van der Waals surface area contributed by atoms with Crippen molar-refractivity contribution in [1.29, 1.82) is 0 Å². The van der Waals surface area contributed by atoms with E-state index in [-0.39, 0.29) is 6.04 Å². The van der Waals surface area contributed by atoms with Gasteiger partial charge in [-0.15, -0.1) is 0 Å². The lowest BCUT2D eigenvalue weighted by Gasteiger charge is -2.35. The van der Waals surface area contributed by atoms with E-state index in [1.807, 2.05) is 26.0 Å². The minimum absolute atomic E-state index is 0.219. The number of hydrogen-bond acceptors (Lipinski definition) is 5. The van der Waals surface area contributed by atoms with Crippen LogP contribution in [0.5, 0.6) is 5.75 Å². The van der Waals surface area contributed by atoms with E-state index in [4.69, 9.17) is 4.74 Å². The van der Waals surface area contributed by atoms with Crippen molar-refractivity contribution >= 4 is 16.0 Å². The lowest BCUT2D eigenvalue weighted by Crippen LogP contribution is -2.53. The summed E-state index contributed by atoms with van der Waals surface area (Å²) in [6.45, 7) is 6.94. The molecule has 0 saturated carbocycles. The van der Waals surface area contributed by atoms with Crippen LogP contribution < -0.4 is 20.1 Å². The fourth-order valence-corrected chi connectivity index (χ4v) is 4.85. The summed E-state index contributed by atoms with van der Waals surface area (Å²) in [6.07, 6.45) is 4.88. The maximum absolute atomic E-state index is 11.6. The molecular formula is C21H37N5O3S. The molecule has 0 radical (unpaired) electrons. The Morgan fingerprint density at radius 1 is 1.17 bits per heavy atom. The third-order valence-corrected chi connectivity index (χ3v) is 6.10. The highest BCUT2D eigenvalue weighted by Gasteiger charge is 2.24. The van der Waals surface area contributed by atoms with Gasteiger partial charge in [0.25, 0.3) is 0 Å². The van der Waals surface area contributed by atoms with Crippen LogP contribution in [0.4, 0.5) is 0 Å². The molecule has 1 fully saturated rings. The Morgan fingerprint density at radius 2 is 1.80 bits per heavy atom. The first kappa shape index (κ1) is 24.4. The number of ether oxygens (including phenoxy) is 1. The Balaban J connectivity index is 2.03. The molecule has 1 aromatic rings. The molecule has 1 aliphatic rings. The van der Waals surface area contributed by atoms with Gasteiger partial charge in [-0.25, -0.2) is 13.1 Å². The lowest BCUT2D eigenvalue weighted by molar-refractivity contribution is 0.164. The van der Waals surface area contributed by atoms with Gasteiger partial charge in [-0.3, -0.25) is 9.89 Å². The fourth-order valence-electron chi connectivity index (χ4n) is 3.77. The molecule has 1 heterocycles. The molecule has 1 aliphatic heterocycles. The highest BCUT2D eigenvalue weighted by atomic mass is 32.2. The van der Waals surface area contributed by atoms with Gasteiger partial charge < -0.3 is 15.4 Å². The minimum Gasteiger partial charge on any atom is -0.497 e. The standard InChI is InChI=1S/C21H37N5O3S/c1-21(2,25-30(5,27)28)16-24-20(22-3)23-15-19(26-13-7-6-8-14-26)17-9-11-18(29-4)12-10-17/h9-12,19,25H,6-8,13-16H2,1-5H3,(H2,22,23,24). The molecule has 8 nitrogen and oxygen atoms in total. The molecular weight excluding hydrogens is 402 g/mol. The molecule has 1 aromatic carbocycles. The predicted molar refractivity (Wildman–Crippen MR) is 123 cm³/mol. The Kier molecular flexibility index (Phi) is 8.93. The van der Waals surface area contributed by atoms with Gasteiger partial charge in [0.15, 0.2) is 5.96 Å². The van der Waals surface area contributed by atoms with Gasteiger partial charge in [-0.05, 0) is 57.5 Å². The van der Waals surface area contributed by atoms with Gasteiger partial charge in [-0.1, -0.05) is 18.6 Å². The Labute approximate surface area is 181 Å². The fraction of sp³-hybridized carbons (Fsp3) is 0.667. The van der Waals surface area contributed by atoms with Crippen LogP contribution in [0, 0.1) is 0 Å². The number of nitrogens with one attached hydrogen (secondary N) is 3. The SMILES string of the molecule is CN=C(NCC(c1ccc(OC)cc1)N1CCCCC1)NCC(C)(C)NS(C)(=O)=O. The molecule has 0 aromatic heterocycles. The Bertz CT molecular complexity index is 787. The number of sulfonamides is 1. The molecule has 2 rings (SSSR count). The minimum atomic E-state index is -3.29. The third-order valence-electron chi connectivity index (χ3n) is 5.18. The molecule has 0 bridgehead atoms. The van der Waals surface area contributed by atoms with Gasteiger partial charge in [0.2, 0.25) is 10.0 Å². The van der Waals surface area contributed by atoms with Crippen LogP contribution in [-0.4, -0.2) is 71.4 Å². The summed E-state index contributed by atoms with van der Waals surface area (Å²) in [5, 5.41) is 6.65. The van der Waals surface area contributed by atoms with E-state index in [1.54, 1.807) is 14.2 Å². The predicted octanol–water partition coefficient (Wildman–Crippen LogP) is 1.72. The first-order valence-corrected chi connectivity index (χ1v) is 12.3. The summed E-state index contributed by atoms with van der Waals surface area (Å²) in [4.78, 5) is 6.82. The van der Waals surface area contributed by atoms with Crippen LogP contribution in [0.25, 0.3) is 0 Å². The average molecular weight is 440 g/mol. The number of methoxy groups -OCH3 is 1. The third kappa shape index (κ3) is 8.12. The summed E-state index contributed by atoms with van der Waals surface area (Å²) in [5.41, 5.74) is 0.604. The monoisotopic (exact) mass is 439 g/mol. The van der Waals surface area contributed by atoms with Crippen molar-refractivity contribution in [1.82, 2.24) is 20.3 Å². The first-order valence-electron chi connectivity index (χ1n) is 10.4. The summed E-state index contributed by atoms with van der Waals surface area (Å²) < 4.78 is 31.0. The summed E-state index contributed by atoms with van der Waals surface area (Å²) >= 11 is 0. The number of nitrogens with zero attached hydrogens (tertiary/aromatic N) is 2.